The molecule has 4 fully saturated rings. The van der Waals surface area contributed by atoms with Gasteiger partial charge in [-0.2, -0.15) is 0 Å². The second kappa shape index (κ2) is 16.5. The Labute approximate surface area is 345 Å². The minimum absolute atomic E-state index is 0.0387. The van der Waals surface area contributed by atoms with Crippen LogP contribution in [0.1, 0.15) is 86.0 Å². The SMILES string of the molecule is CC[C@@H]1C[C@H](C)CC/C=C\[C@@H]2C[C@@]2(C(=O)NS(=O)(=O)C2(C)CC2)NC(=O)[C@@H]2C[C@@H](Oc3ncc(OC)c4ccc(F)cc34)CN2C(=O)[C@H]1NC(=O)N1CC(C)OC(C)C1. The molecule has 2 aromatic rings. The lowest BCUT2D eigenvalue weighted by Crippen LogP contribution is -2.61. The molecule has 2 saturated heterocycles. The number of ether oxygens (including phenoxy) is 3. The van der Waals surface area contributed by atoms with Crippen LogP contribution >= 0.6 is 0 Å². The number of sulfonamides is 1. The fourth-order valence-corrected chi connectivity index (χ4v) is 10.3. The average molecular weight is 841 g/mol. The molecule has 322 valence electrons. The van der Waals surface area contributed by atoms with Gasteiger partial charge in [0.2, 0.25) is 27.7 Å². The zero-order chi connectivity index (χ0) is 42.4. The second-order valence-corrected chi connectivity index (χ2v) is 19.8. The van der Waals surface area contributed by atoms with Crippen LogP contribution < -0.4 is 24.8 Å². The molecule has 3 N–H and O–H groups in total. The molecule has 2 saturated carbocycles. The third-order valence-corrected chi connectivity index (χ3v) is 15.0. The number of methoxy groups -OCH3 is 1. The van der Waals surface area contributed by atoms with E-state index in [4.69, 9.17) is 14.2 Å². The summed E-state index contributed by atoms with van der Waals surface area (Å²) in [5.41, 5.74) is -1.57. The van der Waals surface area contributed by atoms with Crippen LogP contribution in [0.2, 0.25) is 0 Å². The molecule has 2 unspecified atom stereocenters. The lowest BCUT2D eigenvalue weighted by Gasteiger charge is -2.38. The van der Waals surface area contributed by atoms with Crippen molar-refractivity contribution in [1.29, 1.82) is 0 Å². The van der Waals surface area contributed by atoms with E-state index in [1.807, 2.05) is 32.9 Å². The Kier molecular flexibility index (Phi) is 11.9. The van der Waals surface area contributed by atoms with Crippen LogP contribution in [0.15, 0.2) is 36.5 Å². The summed E-state index contributed by atoms with van der Waals surface area (Å²) in [6, 6.07) is 1.49. The summed E-state index contributed by atoms with van der Waals surface area (Å²) in [7, 11) is -2.56. The number of rotatable bonds is 8. The number of carbonyl (C=O) groups is 4. The molecule has 9 atom stereocenters. The predicted octanol–water partition coefficient (Wildman–Crippen LogP) is 4.19. The summed E-state index contributed by atoms with van der Waals surface area (Å²) in [6.07, 6.45) is 7.61. The molecule has 3 aliphatic heterocycles. The van der Waals surface area contributed by atoms with Gasteiger partial charge in [0.25, 0.3) is 5.91 Å². The molecular formula is C42H57FN6O9S. The molecule has 59 heavy (non-hydrogen) atoms. The number of morpholine rings is 1. The topological polar surface area (TPSA) is 186 Å². The average Bonchev–Trinajstić information content (AvgIpc) is 4.07. The van der Waals surface area contributed by atoms with Gasteiger partial charge in [-0.15, -0.1) is 0 Å². The van der Waals surface area contributed by atoms with Gasteiger partial charge in [-0.3, -0.25) is 19.1 Å². The van der Waals surface area contributed by atoms with E-state index in [0.717, 1.165) is 6.42 Å². The van der Waals surface area contributed by atoms with Crippen LogP contribution in [0.3, 0.4) is 0 Å². The Morgan fingerprint density at radius 3 is 2.49 bits per heavy atom. The standard InChI is InChI=1S/C42H57FN6O9S/c1-7-27-16-24(2)10-8-9-11-28-19-42(28,39(52)47-59(54,55)41(5)14-15-41)46-36(50)33-18-30(58-37-32-17-29(43)12-13-31(32)34(56-6)20-44-37)23-49(33)38(51)35(27)45-40(53)48-21-25(3)57-26(4)22-48/h9,11-13,17,20,24-28,30,33,35H,7-8,10,14-16,18-19,21-23H2,1-6H3,(H,45,53)(H,46,50)(H,47,52)/b11-9-/t24-,25?,26?,27-,28-,30-,33+,35+,42-/m1/s1. The number of carbonyl (C=O) groups excluding carboxylic acids is 4. The molecule has 2 aliphatic carbocycles. The third kappa shape index (κ3) is 8.73. The first-order valence-electron chi connectivity index (χ1n) is 20.8. The van der Waals surface area contributed by atoms with Crippen molar-refractivity contribution in [2.45, 2.75) is 127 Å². The smallest absolute Gasteiger partial charge is 0.318 e. The highest BCUT2D eigenvalue weighted by atomic mass is 32.2. The molecule has 0 bridgehead atoms. The second-order valence-electron chi connectivity index (χ2n) is 17.6. The van der Waals surface area contributed by atoms with Crippen LogP contribution in [0.25, 0.3) is 10.8 Å². The molecule has 7 rings (SSSR count). The van der Waals surface area contributed by atoms with Crippen molar-refractivity contribution in [1.82, 2.24) is 30.1 Å². The summed E-state index contributed by atoms with van der Waals surface area (Å²) >= 11 is 0. The van der Waals surface area contributed by atoms with Gasteiger partial charge in [-0.1, -0.05) is 32.4 Å². The van der Waals surface area contributed by atoms with Crippen molar-refractivity contribution in [3.63, 3.8) is 0 Å². The monoisotopic (exact) mass is 840 g/mol. The van der Waals surface area contributed by atoms with E-state index in [9.17, 15) is 27.2 Å². The summed E-state index contributed by atoms with van der Waals surface area (Å²) in [5.74, 6) is -2.67. The molecule has 0 radical (unpaired) electrons. The van der Waals surface area contributed by atoms with Crippen LogP contribution in [0.5, 0.6) is 11.6 Å². The lowest BCUT2D eigenvalue weighted by atomic mass is 9.85. The van der Waals surface area contributed by atoms with Crippen molar-refractivity contribution < 1.29 is 46.2 Å². The lowest BCUT2D eigenvalue weighted by molar-refractivity contribution is -0.142. The van der Waals surface area contributed by atoms with Crippen molar-refractivity contribution >= 4 is 44.5 Å². The van der Waals surface area contributed by atoms with E-state index in [1.54, 1.807) is 17.9 Å². The zero-order valence-corrected chi connectivity index (χ0v) is 35.5. The first-order valence-corrected chi connectivity index (χ1v) is 22.3. The van der Waals surface area contributed by atoms with Crippen molar-refractivity contribution in [2.75, 3.05) is 26.7 Å². The number of nitrogens with zero attached hydrogens (tertiary/aromatic N) is 3. The van der Waals surface area contributed by atoms with E-state index in [1.165, 1.54) is 30.3 Å². The number of amides is 5. The predicted molar refractivity (Wildman–Crippen MR) is 216 cm³/mol. The number of aromatic nitrogens is 1. The van der Waals surface area contributed by atoms with Gasteiger partial charge in [-0.05, 0) is 89.3 Å². The van der Waals surface area contributed by atoms with Gasteiger partial charge in [0, 0.05) is 30.8 Å². The maximum absolute atomic E-state index is 15.2. The maximum Gasteiger partial charge on any atom is 0.318 e. The highest BCUT2D eigenvalue weighted by Crippen LogP contribution is 2.48. The number of nitrogens with one attached hydrogen (secondary N) is 3. The first-order chi connectivity index (χ1) is 28.0. The molecular weight excluding hydrogens is 784 g/mol. The highest BCUT2D eigenvalue weighted by molar-refractivity contribution is 7.91. The molecule has 17 heteroatoms. The normalized spacial score (nSPS) is 32.7. The third-order valence-electron chi connectivity index (χ3n) is 12.9. The van der Waals surface area contributed by atoms with Gasteiger partial charge in [0.15, 0.2) is 0 Å². The molecule has 0 spiro atoms. The van der Waals surface area contributed by atoms with E-state index in [0.29, 0.717) is 61.7 Å². The molecule has 5 aliphatic rings. The number of pyridine rings is 1. The largest absolute Gasteiger partial charge is 0.494 e. The molecule has 1 aromatic heterocycles. The molecule has 15 nitrogen and oxygen atoms in total. The van der Waals surface area contributed by atoms with E-state index >= 15 is 4.79 Å². The summed E-state index contributed by atoms with van der Waals surface area (Å²) in [5, 5.41) is 6.85. The van der Waals surface area contributed by atoms with Crippen molar-refractivity contribution in [3.8, 4) is 11.6 Å². The van der Waals surface area contributed by atoms with Crippen LogP contribution in [-0.2, 0) is 29.1 Å². The van der Waals surface area contributed by atoms with Crippen molar-refractivity contribution in [3.05, 3.63) is 42.4 Å². The van der Waals surface area contributed by atoms with Gasteiger partial charge < -0.3 is 34.6 Å². The molecule has 1 aromatic carbocycles. The first kappa shape index (κ1) is 42.6. The quantitative estimate of drug-likeness (QED) is 0.326. The number of halogens is 1. The molecule has 4 heterocycles. The van der Waals surface area contributed by atoms with Crippen molar-refractivity contribution in [2.24, 2.45) is 17.8 Å². The Balaban J connectivity index is 1.25. The number of allylic oxidation sites excluding steroid dienone is 1. The summed E-state index contributed by atoms with van der Waals surface area (Å²) < 4.78 is 60.1. The number of benzene rings is 1. The Bertz CT molecular complexity index is 2110. The highest BCUT2D eigenvalue weighted by Gasteiger charge is 2.63. The fourth-order valence-electron chi connectivity index (χ4n) is 8.96. The Morgan fingerprint density at radius 1 is 1.08 bits per heavy atom. The zero-order valence-electron chi connectivity index (χ0n) is 34.7. The van der Waals surface area contributed by atoms with Crippen LogP contribution in [0.4, 0.5) is 9.18 Å². The minimum Gasteiger partial charge on any atom is -0.494 e. The maximum atomic E-state index is 15.2. The number of hydrogen-bond acceptors (Lipinski definition) is 10. The van der Waals surface area contributed by atoms with E-state index in [-0.39, 0.29) is 49.3 Å². The van der Waals surface area contributed by atoms with Crippen LogP contribution in [0, 0.1) is 23.6 Å². The number of fused-ring (bicyclic) bond motifs is 3. The van der Waals surface area contributed by atoms with Gasteiger partial charge >= 0.3 is 6.03 Å². The number of hydrogen-bond donors (Lipinski definition) is 3. The summed E-state index contributed by atoms with van der Waals surface area (Å²) in [4.78, 5) is 65.3. The van der Waals surface area contributed by atoms with E-state index in [2.05, 4.69) is 27.3 Å². The van der Waals surface area contributed by atoms with Gasteiger partial charge in [0.1, 0.15) is 35.3 Å². The Morgan fingerprint density at radius 2 is 1.81 bits per heavy atom. The fraction of sp³-hybridized carbons (Fsp3) is 0.643. The van der Waals surface area contributed by atoms with Gasteiger partial charge in [-0.25, -0.2) is 22.6 Å². The van der Waals surface area contributed by atoms with Crippen LogP contribution in [-0.4, -0.2) is 114 Å². The minimum atomic E-state index is -4.03. The summed E-state index contributed by atoms with van der Waals surface area (Å²) in [6.45, 7) is 10.0. The number of urea groups is 1. The Hall–Kier alpha value is -4.51. The van der Waals surface area contributed by atoms with E-state index < -0.39 is 74.0 Å². The molecule has 5 amide bonds. The van der Waals surface area contributed by atoms with Gasteiger partial charge in [0.05, 0.1) is 42.2 Å².